The minimum absolute atomic E-state index is 0.143. The molecule has 0 aliphatic heterocycles. The molecule has 24 heavy (non-hydrogen) atoms. The Morgan fingerprint density at radius 3 is 2.71 bits per heavy atom. The zero-order chi connectivity index (χ0) is 17.1. The Hall–Kier alpha value is -2.76. The highest BCUT2D eigenvalue weighted by Crippen LogP contribution is 2.32. The van der Waals surface area contributed by atoms with Crippen LogP contribution >= 0.6 is 0 Å². The van der Waals surface area contributed by atoms with E-state index in [1.54, 1.807) is 10.5 Å². The average Bonchev–Trinajstić information content (AvgIpc) is 2.92. The average molecular weight is 326 g/mol. The van der Waals surface area contributed by atoms with Crippen molar-refractivity contribution in [3.63, 3.8) is 0 Å². The largest absolute Gasteiger partial charge is 0.492 e. The van der Waals surface area contributed by atoms with Gasteiger partial charge in [0.05, 0.1) is 12.3 Å². The number of rotatable bonds is 5. The van der Waals surface area contributed by atoms with E-state index in [9.17, 15) is 4.39 Å². The second kappa shape index (κ2) is 6.78. The number of ether oxygens (including phenoxy) is 1. The van der Waals surface area contributed by atoms with Gasteiger partial charge in [-0.1, -0.05) is 26.0 Å². The summed E-state index contributed by atoms with van der Waals surface area (Å²) in [6.07, 6.45) is 1.37. The first-order chi connectivity index (χ1) is 11.6. The Balaban J connectivity index is 2.09. The lowest BCUT2D eigenvalue weighted by Crippen LogP contribution is -1.91. The lowest BCUT2D eigenvalue weighted by molar-refractivity contribution is 0.341. The molecule has 0 radical (unpaired) electrons. The molecule has 0 saturated heterocycles. The molecule has 0 aliphatic rings. The van der Waals surface area contributed by atoms with E-state index in [0.717, 1.165) is 5.69 Å². The van der Waals surface area contributed by atoms with Crippen LogP contribution < -0.4 is 4.74 Å². The molecule has 2 heterocycles. The van der Waals surface area contributed by atoms with Gasteiger partial charge in [0.1, 0.15) is 22.9 Å². The Bertz CT molecular complexity index is 886. The van der Waals surface area contributed by atoms with Crippen molar-refractivity contribution in [2.75, 3.05) is 6.61 Å². The van der Waals surface area contributed by atoms with E-state index in [2.05, 4.69) is 15.2 Å². The summed E-state index contributed by atoms with van der Waals surface area (Å²) in [5.74, 6) is 0.992. The molecule has 0 bridgehead atoms. The summed E-state index contributed by atoms with van der Waals surface area (Å²) >= 11 is 0. The summed E-state index contributed by atoms with van der Waals surface area (Å²) in [5, 5.41) is 8.66. The molecule has 3 aromatic rings. The van der Waals surface area contributed by atoms with Crippen LogP contribution in [0.15, 0.2) is 52.8 Å². The minimum atomic E-state index is -0.346. The highest BCUT2D eigenvalue weighted by molar-refractivity contribution is 5.55. The van der Waals surface area contributed by atoms with Crippen molar-refractivity contribution in [1.82, 2.24) is 9.38 Å². The third-order valence-corrected chi connectivity index (χ3v) is 3.55. The fraction of sp³-hybridized carbons (Fsp3) is 0.278. The van der Waals surface area contributed by atoms with Gasteiger partial charge in [-0.25, -0.2) is 9.37 Å². The number of aromatic nitrogens is 2. The maximum absolute atomic E-state index is 13.6. The summed E-state index contributed by atoms with van der Waals surface area (Å²) < 4.78 is 20.8. The molecule has 6 heteroatoms. The number of hydrogen-bond acceptors (Lipinski definition) is 4. The van der Waals surface area contributed by atoms with Gasteiger partial charge in [-0.3, -0.25) is 4.40 Å². The summed E-state index contributed by atoms with van der Waals surface area (Å²) in [4.78, 5) is 4.54. The molecule has 0 atom stereocenters. The first-order valence-electron chi connectivity index (χ1n) is 7.91. The van der Waals surface area contributed by atoms with E-state index in [4.69, 9.17) is 4.74 Å². The number of imidazole rings is 1. The molecule has 0 spiro atoms. The molecule has 2 aromatic heterocycles. The highest BCUT2D eigenvalue weighted by atomic mass is 19.1. The maximum Gasteiger partial charge on any atom is 0.183 e. The van der Waals surface area contributed by atoms with Gasteiger partial charge < -0.3 is 4.74 Å². The highest BCUT2D eigenvalue weighted by Gasteiger charge is 2.15. The zero-order valence-electron chi connectivity index (χ0n) is 13.9. The molecule has 0 unspecified atom stereocenters. The van der Waals surface area contributed by atoms with Crippen LogP contribution in [0.25, 0.3) is 5.65 Å². The van der Waals surface area contributed by atoms with E-state index >= 15 is 0 Å². The van der Waals surface area contributed by atoms with Gasteiger partial charge in [0.25, 0.3) is 0 Å². The van der Waals surface area contributed by atoms with Gasteiger partial charge in [-0.15, -0.1) is 10.2 Å². The van der Waals surface area contributed by atoms with Crippen molar-refractivity contribution in [2.24, 2.45) is 10.2 Å². The van der Waals surface area contributed by atoms with E-state index in [1.807, 2.05) is 45.0 Å². The fourth-order valence-electron chi connectivity index (χ4n) is 2.43. The van der Waals surface area contributed by atoms with Crippen molar-refractivity contribution in [3.8, 4) is 5.75 Å². The third kappa shape index (κ3) is 3.13. The monoisotopic (exact) mass is 326 g/mol. The van der Waals surface area contributed by atoms with Gasteiger partial charge in [0.2, 0.25) is 0 Å². The van der Waals surface area contributed by atoms with Crippen molar-refractivity contribution in [3.05, 3.63) is 54.1 Å². The normalized spacial score (nSPS) is 11.7. The van der Waals surface area contributed by atoms with Crippen LogP contribution in [0.2, 0.25) is 0 Å². The Morgan fingerprint density at radius 2 is 1.96 bits per heavy atom. The number of pyridine rings is 1. The van der Waals surface area contributed by atoms with Crippen molar-refractivity contribution >= 4 is 17.2 Å². The van der Waals surface area contributed by atoms with Gasteiger partial charge in [0, 0.05) is 6.20 Å². The van der Waals surface area contributed by atoms with E-state index in [0.29, 0.717) is 29.5 Å². The molecule has 1 aromatic carbocycles. The molecule has 5 nitrogen and oxygen atoms in total. The van der Waals surface area contributed by atoms with Crippen molar-refractivity contribution < 1.29 is 9.13 Å². The number of para-hydroxylation sites is 1. The van der Waals surface area contributed by atoms with E-state index in [-0.39, 0.29) is 11.7 Å². The standard InChI is InChI=1S/C18H19FN4O/c1-4-24-15-8-6-5-7-14(15)21-22-18-17(12(2)3)20-16-10-9-13(19)11-23(16)18/h5-12H,4H2,1-3H3. The molecule has 0 aliphatic carbocycles. The van der Waals surface area contributed by atoms with E-state index in [1.165, 1.54) is 12.3 Å². The summed E-state index contributed by atoms with van der Waals surface area (Å²) in [6, 6.07) is 10.4. The van der Waals surface area contributed by atoms with Crippen molar-refractivity contribution in [2.45, 2.75) is 26.7 Å². The molecule has 124 valence electrons. The molecule has 0 amide bonds. The quantitative estimate of drug-likeness (QED) is 0.589. The van der Waals surface area contributed by atoms with Crippen LogP contribution in [0, 0.1) is 5.82 Å². The topological polar surface area (TPSA) is 51.2 Å². The Morgan fingerprint density at radius 1 is 1.17 bits per heavy atom. The number of halogens is 1. The van der Waals surface area contributed by atoms with Gasteiger partial charge >= 0.3 is 0 Å². The zero-order valence-corrected chi connectivity index (χ0v) is 13.9. The summed E-state index contributed by atoms with van der Waals surface area (Å²) in [6.45, 7) is 6.50. The van der Waals surface area contributed by atoms with Crippen molar-refractivity contribution in [1.29, 1.82) is 0 Å². The fourth-order valence-corrected chi connectivity index (χ4v) is 2.43. The van der Waals surface area contributed by atoms with Crippen LogP contribution in [0.4, 0.5) is 15.9 Å². The van der Waals surface area contributed by atoms with Crippen LogP contribution in [0.3, 0.4) is 0 Å². The third-order valence-electron chi connectivity index (χ3n) is 3.55. The van der Waals surface area contributed by atoms with Crippen LogP contribution in [-0.4, -0.2) is 16.0 Å². The van der Waals surface area contributed by atoms with Crippen LogP contribution in [-0.2, 0) is 0 Å². The van der Waals surface area contributed by atoms with Crippen LogP contribution in [0.5, 0.6) is 5.75 Å². The smallest absolute Gasteiger partial charge is 0.183 e. The summed E-state index contributed by atoms with van der Waals surface area (Å²) in [7, 11) is 0. The number of fused-ring (bicyclic) bond motifs is 1. The predicted octanol–water partition coefficient (Wildman–Crippen LogP) is 5.41. The second-order valence-corrected chi connectivity index (χ2v) is 5.65. The molecule has 0 N–H and O–H groups in total. The molecule has 0 fully saturated rings. The lowest BCUT2D eigenvalue weighted by atomic mass is 10.1. The van der Waals surface area contributed by atoms with E-state index < -0.39 is 0 Å². The second-order valence-electron chi connectivity index (χ2n) is 5.65. The first kappa shape index (κ1) is 16.1. The number of azo groups is 1. The Labute approximate surface area is 139 Å². The predicted molar refractivity (Wildman–Crippen MR) is 91.0 cm³/mol. The number of benzene rings is 1. The molecule has 3 rings (SSSR count). The molecule has 0 saturated carbocycles. The first-order valence-corrected chi connectivity index (χ1v) is 7.91. The number of hydrogen-bond donors (Lipinski definition) is 0. The van der Waals surface area contributed by atoms with Gasteiger partial charge in [-0.2, -0.15) is 0 Å². The van der Waals surface area contributed by atoms with Gasteiger partial charge in [0.15, 0.2) is 5.82 Å². The number of nitrogens with zero attached hydrogens (tertiary/aromatic N) is 4. The lowest BCUT2D eigenvalue weighted by Gasteiger charge is -2.05. The SMILES string of the molecule is CCOc1ccccc1N=Nc1c(C(C)C)nc2ccc(F)cn12. The Kier molecular flexibility index (Phi) is 4.55. The summed E-state index contributed by atoms with van der Waals surface area (Å²) in [5.41, 5.74) is 2.05. The molecular weight excluding hydrogens is 307 g/mol. The maximum atomic E-state index is 13.6. The van der Waals surface area contributed by atoms with Crippen LogP contribution in [0.1, 0.15) is 32.4 Å². The minimum Gasteiger partial charge on any atom is -0.492 e. The molecular formula is C18H19FN4O. The van der Waals surface area contributed by atoms with Gasteiger partial charge in [-0.05, 0) is 37.1 Å².